The van der Waals surface area contributed by atoms with E-state index in [2.05, 4.69) is 26.1 Å². The van der Waals surface area contributed by atoms with E-state index in [4.69, 9.17) is 4.74 Å². The van der Waals surface area contributed by atoms with Crippen LogP contribution in [0.4, 0.5) is 0 Å². The van der Waals surface area contributed by atoms with Gasteiger partial charge in [-0.15, -0.1) is 0 Å². The third kappa shape index (κ3) is 3.39. The number of carbonyl (C=O) groups excluding carboxylic acids is 2. The molecule has 2 rings (SSSR count). The molecule has 2 fully saturated rings. The molecule has 120 valence electrons. The molecular weight excluding hydrogens is 268 g/mol. The van der Waals surface area contributed by atoms with Crippen LogP contribution in [0.2, 0.25) is 0 Å². The molecule has 4 unspecified atom stereocenters. The summed E-state index contributed by atoms with van der Waals surface area (Å²) in [5.74, 6) is 0.793. The number of nitrogens with zero attached hydrogens (tertiary/aromatic N) is 1. The smallest absolute Gasteiger partial charge is 0.246 e. The number of ether oxygens (including phenoxy) is 1. The van der Waals surface area contributed by atoms with Gasteiger partial charge in [0.1, 0.15) is 12.1 Å². The van der Waals surface area contributed by atoms with Crippen molar-refractivity contribution < 1.29 is 14.3 Å². The van der Waals surface area contributed by atoms with Crippen LogP contribution in [-0.4, -0.2) is 48.1 Å². The normalized spacial score (nSPS) is 31.7. The maximum Gasteiger partial charge on any atom is 0.246 e. The topological polar surface area (TPSA) is 58.6 Å². The molecule has 0 aromatic heterocycles. The summed E-state index contributed by atoms with van der Waals surface area (Å²) in [6, 6.07) is -0.646. The van der Waals surface area contributed by atoms with Crippen LogP contribution in [-0.2, 0) is 14.3 Å². The maximum absolute atomic E-state index is 12.8. The van der Waals surface area contributed by atoms with Crippen LogP contribution in [0.15, 0.2) is 0 Å². The van der Waals surface area contributed by atoms with Gasteiger partial charge in [0.2, 0.25) is 11.8 Å². The minimum atomic E-state index is -0.370. The number of piperazine rings is 1. The van der Waals surface area contributed by atoms with E-state index in [0.29, 0.717) is 31.3 Å². The van der Waals surface area contributed by atoms with Gasteiger partial charge in [0.15, 0.2) is 0 Å². The molecule has 0 spiro atoms. The largest absolute Gasteiger partial charge is 0.381 e. The van der Waals surface area contributed by atoms with Crippen LogP contribution < -0.4 is 5.32 Å². The standard InChI is InChI=1S/C16H28N2O3/c1-5-14-15(19)17-13(8-10(2)3)16(20)18(14)11(4)12-6-7-21-9-12/h10-14H,5-9H2,1-4H3,(H,17,19). The van der Waals surface area contributed by atoms with E-state index >= 15 is 0 Å². The lowest BCUT2D eigenvalue weighted by Crippen LogP contribution is -2.66. The first-order chi connectivity index (χ1) is 9.95. The summed E-state index contributed by atoms with van der Waals surface area (Å²) in [4.78, 5) is 27.0. The Labute approximate surface area is 127 Å². The molecule has 0 saturated carbocycles. The summed E-state index contributed by atoms with van der Waals surface area (Å²) in [6.07, 6.45) is 2.33. The maximum atomic E-state index is 12.8. The number of hydrogen-bond acceptors (Lipinski definition) is 3. The van der Waals surface area contributed by atoms with E-state index in [1.165, 1.54) is 0 Å². The van der Waals surface area contributed by atoms with Crippen molar-refractivity contribution in [3.8, 4) is 0 Å². The lowest BCUT2D eigenvalue weighted by molar-refractivity contribution is -0.153. The van der Waals surface area contributed by atoms with Crippen molar-refractivity contribution in [2.75, 3.05) is 13.2 Å². The molecular formula is C16H28N2O3. The summed E-state index contributed by atoms with van der Waals surface area (Å²) >= 11 is 0. The van der Waals surface area contributed by atoms with Crippen molar-refractivity contribution in [2.24, 2.45) is 11.8 Å². The Bertz CT molecular complexity index is 391. The van der Waals surface area contributed by atoms with E-state index in [-0.39, 0.29) is 29.9 Å². The molecule has 0 aliphatic carbocycles. The van der Waals surface area contributed by atoms with E-state index in [9.17, 15) is 9.59 Å². The second-order valence-corrected chi connectivity index (χ2v) is 6.72. The SMILES string of the molecule is CCC1C(=O)NC(CC(C)C)C(=O)N1C(C)C1CCOC1. The quantitative estimate of drug-likeness (QED) is 0.837. The Kier molecular flexibility index (Phi) is 5.25. The van der Waals surface area contributed by atoms with Crippen molar-refractivity contribution in [2.45, 2.75) is 65.1 Å². The summed E-state index contributed by atoms with van der Waals surface area (Å²) in [5.41, 5.74) is 0. The predicted molar refractivity (Wildman–Crippen MR) is 80.7 cm³/mol. The third-order valence-corrected chi connectivity index (χ3v) is 4.69. The van der Waals surface area contributed by atoms with Gasteiger partial charge in [0, 0.05) is 18.6 Å². The second kappa shape index (κ2) is 6.77. The first kappa shape index (κ1) is 16.3. The molecule has 5 heteroatoms. The first-order valence-corrected chi connectivity index (χ1v) is 8.16. The van der Waals surface area contributed by atoms with Gasteiger partial charge in [-0.25, -0.2) is 0 Å². The van der Waals surface area contributed by atoms with Gasteiger partial charge in [0.05, 0.1) is 6.61 Å². The van der Waals surface area contributed by atoms with Crippen molar-refractivity contribution >= 4 is 11.8 Å². The van der Waals surface area contributed by atoms with Gasteiger partial charge in [0.25, 0.3) is 0 Å². The summed E-state index contributed by atoms with van der Waals surface area (Å²) in [5, 5.41) is 2.91. The fraction of sp³-hybridized carbons (Fsp3) is 0.875. The van der Waals surface area contributed by atoms with Crippen molar-refractivity contribution in [1.29, 1.82) is 0 Å². The molecule has 2 amide bonds. The van der Waals surface area contributed by atoms with Gasteiger partial charge in [-0.1, -0.05) is 20.8 Å². The molecule has 2 saturated heterocycles. The van der Waals surface area contributed by atoms with Crippen LogP contribution in [0.5, 0.6) is 0 Å². The van der Waals surface area contributed by atoms with Crippen molar-refractivity contribution in [3.63, 3.8) is 0 Å². The summed E-state index contributed by atoms with van der Waals surface area (Å²) in [7, 11) is 0. The Hall–Kier alpha value is -1.10. The van der Waals surface area contributed by atoms with E-state index in [0.717, 1.165) is 13.0 Å². The number of amides is 2. The highest BCUT2D eigenvalue weighted by molar-refractivity contribution is 5.97. The van der Waals surface area contributed by atoms with Crippen molar-refractivity contribution in [3.05, 3.63) is 0 Å². The summed E-state index contributed by atoms with van der Waals surface area (Å²) < 4.78 is 5.45. The van der Waals surface area contributed by atoms with Crippen LogP contribution >= 0.6 is 0 Å². The van der Waals surface area contributed by atoms with Gasteiger partial charge < -0.3 is 15.0 Å². The van der Waals surface area contributed by atoms with Gasteiger partial charge in [-0.2, -0.15) is 0 Å². The molecule has 5 nitrogen and oxygen atoms in total. The molecule has 0 radical (unpaired) electrons. The fourth-order valence-corrected chi connectivity index (χ4v) is 3.45. The Morgan fingerprint density at radius 3 is 2.57 bits per heavy atom. The molecule has 0 bridgehead atoms. The zero-order valence-corrected chi connectivity index (χ0v) is 13.6. The minimum absolute atomic E-state index is 0.00600. The fourth-order valence-electron chi connectivity index (χ4n) is 3.45. The molecule has 4 atom stereocenters. The monoisotopic (exact) mass is 296 g/mol. The zero-order valence-electron chi connectivity index (χ0n) is 13.6. The average molecular weight is 296 g/mol. The number of nitrogens with one attached hydrogen (secondary N) is 1. The molecule has 0 aromatic rings. The Balaban J connectivity index is 2.19. The van der Waals surface area contributed by atoms with Crippen LogP contribution in [0.3, 0.4) is 0 Å². The average Bonchev–Trinajstić information content (AvgIpc) is 2.94. The van der Waals surface area contributed by atoms with Crippen LogP contribution in [0, 0.1) is 11.8 Å². The molecule has 2 heterocycles. The predicted octanol–water partition coefficient (Wildman–Crippen LogP) is 1.56. The highest BCUT2D eigenvalue weighted by Crippen LogP contribution is 2.27. The molecule has 2 aliphatic rings. The Morgan fingerprint density at radius 1 is 1.33 bits per heavy atom. The van der Waals surface area contributed by atoms with Gasteiger partial charge in [-0.05, 0) is 32.1 Å². The zero-order chi connectivity index (χ0) is 15.6. The molecule has 1 N–H and O–H groups in total. The third-order valence-electron chi connectivity index (χ3n) is 4.69. The highest BCUT2D eigenvalue weighted by Gasteiger charge is 2.44. The van der Waals surface area contributed by atoms with E-state index < -0.39 is 0 Å². The second-order valence-electron chi connectivity index (χ2n) is 6.72. The number of hydrogen-bond donors (Lipinski definition) is 1. The lowest BCUT2D eigenvalue weighted by Gasteiger charge is -2.44. The van der Waals surface area contributed by atoms with Gasteiger partial charge in [-0.3, -0.25) is 9.59 Å². The van der Waals surface area contributed by atoms with Crippen molar-refractivity contribution in [1.82, 2.24) is 10.2 Å². The number of carbonyl (C=O) groups is 2. The number of rotatable bonds is 5. The minimum Gasteiger partial charge on any atom is -0.381 e. The molecule has 0 aromatic carbocycles. The van der Waals surface area contributed by atoms with Crippen LogP contribution in [0.25, 0.3) is 0 Å². The van der Waals surface area contributed by atoms with Gasteiger partial charge >= 0.3 is 0 Å². The first-order valence-electron chi connectivity index (χ1n) is 8.16. The Morgan fingerprint density at radius 2 is 2.05 bits per heavy atom. The molecule has 2 aliphatic heterocycles. The highest BCUT2D eigenvalue weighted by atomic mass is 16.5. The summed E-state index contributed by atoms with van der Waals surface area (Å²) in [6.45, 7) is 9.62. The van der Waals surface area contributed by atoms with E-state index in [1.807, 2.05) is 11.8 Å². The lowest BCUT2D eigenvalue weighted by atomic mass is 9.92. The van der Waals surface area contributed by atoms with E-state index in [1.54, 1.807) is 0 Å². The van der Waals surface area contributed by atoms with Crippen LogP contribution in [0.1, 0.15) is 47.0 Å². The molecule has 21 heavy (non-hydrogen) atoms.